The summed E-state index contributed by atoms with van der Waals surface area (Å²) in [5, 5.41) is 7.74. The van der Waals surface area contributed by atoms with Crippen LogP contribution in [0.5, 0.6) is 0 Å². The first kappa shape index (κ1) is 11.1. The molecule has 0 bridgehead atoms. The van der Waals surface area contributed by atoms with Gasteiger partial charge in [0.05, 0.1) is 11.4 Å². The number of aryl methyl sites for hydroxylation is 1. The molecule has 0 aliphatic rings. The Labute approximate surface area is 97.3 Å². The highest BCUT2D eigenvalue weighted by atomic mass is 35.5. The number of rotatable bonds is 3. The smallest absolute Gasteiger partial charge is 0.221 e. The van der Waals surface area contributed by atoms with E-state index in [1.54, 1.807) is 12.1 Å². The first-order valence-corrected chi connectivity index (χ1v) is 5.32. The summed E-state index contributed by atoms with van der Waals surface area (Å²) in [6.45, 7) is 1.91. The van der Waals surface area contributed by atoms with Crippen molar-refractivity contribution in [1.29, 1.82) is 0 Å². The van der Waals surface area contributed by atoms with Crippen molar-refractivity contribution in [2.75, 3.05) is 0 Å². The molecular formula is C11H10ClFN2O. The SMILES string of the molecule is CCc1nnc(Cc2cccc(Cl)c2F)o1. The Hall–Kier alpha value is -1.42. The number of aromatic nitrogens is 2. The third-order valence-electron chi connectivity index (χ3n) is 2.18. The molecule has 1 heterocycles. The summed E-state index contributed by atoms with van der Waals surface area (Å²) < 4.78 is 18.9. The van der Waals surface area contributed by atoms with Gasteiger partial charge in [-0.05, 0) is 11.6 Å². The van der Waals surface area contributed by atoms with E-state index in [2.05, 4.69) is 10.2 Å². The van der Waals surface area contributed by atoms with Gasteiger partial charge in [-0.25, -0.2) is 4.39 Å². The lowest BCUT2D eigenvalue weighted by molar-refractivity contribution is 0.459. The fraction of sp³-hybridized carbons (Fsp3) is 0.273. The average Bonchev–Trinajstić information content (AvgIpc) is 2.73. The van der Waals surface area contributed by atoms with Gasteiger partial charge in [0.25, 0.3) is 0 Å². The summed E-state index contributed by atoms with van der Waals surface area (Å²) >= 11 is 5.67. The van der Waals surface area contributed by atoms with Crippen LogP contribution in [0.1, 0.15) is 24.3 Å². The second-order valence-corrected chi connectivity index (χ2v) is 3.74. The predicted molar refractivity (Wildman–Crippen MR) is 57.9 cm³/mol. The molecule has 0 saturated carbocycles. The van der Waals surface area contributed by atoms with Crippen molar-refractivity contribution >= 4 is 11.6 Å². The summed E-state index contributed by atoms with van der Waals surface area (Å²) in [6, 6.07) is 4.85. The van der Waals surface area contributed by atoms with Gasteiger partial charge in [0.1, 0.15) is 5.82 Å². The van der Waals surface area contributed by atoms with Crippen LogP contribution in [0.2, 0.25) is 5.02 Å². The standard InChI is InChI=1S/C11H10ClFN2O/c1-2-9-14-15-10(16-9)6-7-4-3-5-8(12)11(7)13/h3-5H,2,6H2,1H3. The highest BCUT2D eigenvalue weighted by molar-refractivity contribution is 6.30. The van der Waals surface area contributed by atoms with E-state index in [1.807, 2.05) is 6.92 Å². The van der Waals surface area contributed by atoms with Crippen LogP contribution in [0.15, 0.2) is 22.6 Å². The third kappa shape index (κ3) is 2.22. The van der Waals surface area contributed by atoms with E-state index in [0.717, 1.165) is 0 Å². The van der Waals surface area contributed by atoms with E-state index < -0.39 is 5.82 Å². The monoisotopic (exact) mass is 240 g/mol. The molecule has 84 valence electrons. The van der Waals surface area contributed by atoms with Gasteiger partial charge in [-0.15, -0.1) is 10.2 Å². The Balaban J connectivity index is 2.23. The van der Waals surface area contributed by atoms with E-state index in [0.29, 0.717) is 23.8 Å². The van der Waals surface area contributed by atoms with E-state index >= 15 is 0 Å². The molecule has 0 N–H and O–H groups in total. The summed E-state index contributed by atoms with van der Waals surface area (Å²) in [7, 11) is 0. The summed E-state index contributed by atoms with van der Waals surface area (Å²) in [5.41, 5.74) is 0.457. The molecule has 0 radical (unpaired) electrons. The average molecular weight is 241 g/mol. The molecular weight excluding hydrogens is 231 g/mol. The maximum Gasteiger partial charge on any atom is 0.221 e. The number of nitrogens with zero attached hydrogens (tertiary/aromatic N) is 2. The van der Waals surface area contributed by atoms with Gasteiger partial charge < -0.3 is 4.42 Å². The maximum atomic E-state index is 13.6. The van der Waals surface area contributed by atoms with Crippen LogP contribution in [0.25, 0.3) is 0 Å². The van der Waals surface area contributed by atoms with Crippen molar-refractivity contribution in [3.05, 3.63) is 46.4 Å². The molecule has 3 nitrogen and oxygen atoms in total. The summed E-state index contributed by atoms with van der Waals surface area (Å²) in [4.78, 5) is 0. The Kier molecular flexibility index (Phi) is 3.19. The Morgan fingerprint density at radius 1 is 1.31 bits per heavy atom. The zero-order chi connectivity index (χ0) is 11.5. The topological polar surface area (TPSA) is 38.9 Å². The van der Waals surface area contributed by atoms with Gasteiger partial charge in [0.15, 0.2) is 0 Å². The predicted octanol–water partition coefficient (Wildman–Crippen LogP) is 3.02. The number of halogens is 2. The van der Waals surface area contributed by atoms with Crippen LogP contribution in [-0.2, 0) is 12.8 Å². The fourth-order valence-corrected chi connectivity index (χ4v) is 1.54. The van der Waals surface area contributed by atoms with Gasteiger partial charge in [-0.2, -0.15) is 0 Å². The molecule has 2 aromatic rings. The first-order valence-electron chi connectivity index (χ1n) is 4.95. The number of hydrogen-bond donors (Lipinski definition) is 0. The van der Waals surface area contributed by atoms with Crippen molar-refractivity contribution in [3.63, 3.8) is 0 Å². The minimum absolute atomic E-state index is 0.104. The molecule has 0 unspecified atom stereocenters. The van der Waals surface area contributed by atoms with Crippen molar-refractivity contribution < 1.29 is 8.81 Å². The largest absolute Gasteiger partial charge is 0.425 e. The molecule has 0 saturated heterocycles. The highest BCUT2D eigenvalue weighted by Crippen LogP contribution is 2.20. The van der Waals surface area contributed by atoms with Crippen molar-refractivity contribution in [2.24, 2.45) is 0 Å². The molecule has 1 aromatic carbocycles. The van der Waals surface area contributed by atoms with Gasteiger partial charge >= 0.3 is 0 Å². The minimum atomic E-state index is -0.430. The zero-order valence-electron chi connectivity index (χ0n) is 8.70. The van der Waals surface area contributed by atoms with E-state index in [9.17, 15) is 4.39 Å². The van der Waals surface area contributed by atoms with Gasteiger partial charge in [0, 0.05) is 6.42 Å². The lowest BCUT2D eigenvalue weighted by atomic mass is 10.1. The molecule has 2 rings (SSSR count). The Morgan fingerprint density at radius 2 is 2.06 bits per heavy atom. The Bertz CT molecular complexity index is 498. The van der Waals surface area contributed by atoms with Crippen LogP contribution in [0.4, 0.5) is 4.39 Å². The lowest BCUT2D eigenvalue weighted by Gasteiger charge is -2.00. The van der Waals surface area contributed by atoms with Crippen LogP contribution in [-0.4, -0.2) is 10.2 Å². The van der Waals surface area contributed by atoms with E-state index in [4.69, 9.17) is 16.0 Å². The molecule has 0 fully saturated rings. The van der Waals surface area contributed by atoms with Crippen LogP contribution in [0.3, 0.4) is 0 Å². The molecule has 0 spiro atoms. The minimum Gasteiger partial charge on any atom is -0.425 e. The zero-order valence-corrected chi connectivity index (χ0v) is 9.46. The normalized spacial score (nSPS) is 10.7. The molecule has 0 aliphatic carbocycles. The first-order chi connectivity index (χ1) is 7.70. The molecule has 0 aliphatic heterocycles. The van der Waals surface area contributed by atoms with Crippen molar-refractivity contribution in [2.45, 2.75) is 19.8 Å². The van der Waals surface area contributed by atoms with Crippen LogP contribution >= 0.6 is 11.6 Å². The molecule has 0 amide bonds. The maximum absolute atomic E-state index is 13.6. The van der Waals surface area contributed by atoms with E-state index in [1.165, 1.54) is 6.07 Å². The van der Waals surface area contributed by atoms with Crippen molar-refractivity contribution in [3.8, 4) is 0 Å². The number of benzene rings is 1. The van der Waals surface area contributed by atoms with Crippen LogP contribution in [0, 0.1) is 5.82 Å². The van der Waals surface area contributed by atoms with Crippen LogP contribution < -0.4 is 0 Å². The highest BCUT2D eigenvalue weighted by Gasteiger charge is 2.11. The second kappa shape index (κ2) is 4.61. The molecule has 1 aromatic heterocycles. The van der Waals surface area contributed by atoms with Gasteiger partial charge in [0.2, 0.25) is 11.8 Å². The van der Waals surface area contributed by atoms with Gasteiger partial charge in [-0.1, -0.05) is 30.7 Å². The molecule has 0 atom stereocenters. The van der Waals surface area contributed by atoms with Crippen molar-refractivity contribution in [1.82, 2.24) is 10.2 Å². The quantitative estimate of drug-likeness (QED) is 0.828. The fourth-order valence-electron chi connectivity index (χ4n) is 1.35. The second-order valence-electron chi connectivity index (χ2n) is 3.33. The Morgan fingerprint density at radius 3 is 2.75 bits per heavy atom. The third-order valence-corrected chi connectivity index (χ3v) is 2.48. The van der Waals surface area contributed by atoms with Gasteiger partial charge in [-0.3, -0.25) is 0 Å². The number of hydrogen-bond acceptors (Lipinski definition) is 3. The van der Waals surface area contributed by atoms with E-state index in [-0.39, 0.29) is 11.4 Å². The molecule has 5 heteroatoms. The molecule has 16 heavy (non-hydrogen) atoms. The summed E-state index contributed by atoms with van der Waals surface area (Å²) in [6.07, 6.45) is 0.935. The summed E-state index contributed by atoms with van der Waals surface area (Å²) in [5.74, 6) is 0.524. The lowest BCUT2D eigenvalue weighted by Crippen LogP contribution is -1.93.